The minimum Gasteiger partial charge on any atom is -0.313 e. The van der Waals surface area contributed by atoms with Crippen molar-refractivity contribution in [1.29, 1.82) is 0 Å². The average molecular weight is 232 g/mol. The van der Waals surface area contributed by atoms with Gasteiger partial charge in [-0.2, -0.15) is 0 Å². The van der Waals surface area contributed by atoms with E-state index in [0.717, 1.165) is 24.2 Å². The second-order valence-electron chi connectivity index (χ2n) is 4.81. The van der Waals surface area contributed by atoms with Crippen molar-refractivity contribution in [3.63, 3.8) is 0 Å². The van der Waals surface area contributed by atoms with Gasteiger partial charge in [0.1, 0.15) is 6.04 Å². The van der Waals surface area contributed by atoms with Gasteiger partial charge in [-0.05, 0) is 18.5 Å². The van der Waals surface area contributed by atoms with Gasteiger partial charge in [-0.25, -0.2) is 0 Å². The molecule has 2 rings (SSSR count). The summed E-state index contributed by atoms with van der Waals surface area (Å²) in [6.07, 6.45) is 1.13. The molecule has 0 saturated heterocycles. The first kappa shape index (κ1) is 12.1. The Morgan fingerprint density at radius 2 is 2.12 bits per heavy atom. The van der Waals surface area contributed by atoms with Gasteiger partial charge in [-0.3, -0.25) is 4.79 Å². The number of rotatable bonds is 4. The molecule has 2 atom stereocenters. The van der Waals surface area contributed by atoms with Crippen molar-refractivity contribution in [1.82, 2.24) is 5.32 Å². The lowest BCUT2D eigenvalue weighted by atomic mass is 10.1. The summed E-state index contributed by atoms with van der Waals surface area (Å²) < 4.78 is 0. The minimum atomic E-state index is -0.162. The molecule has 0 fully saturated rings. The zero-order valence-corrected chi connectivity index (χ0v) is 10.7. The molecule has 1 aromatic carbocycles. The zero-order valence-electron chi connectivity index (χ0n) is 10.7. The van der Waals surface area contributed by atoms with Crippen LogP contribution in [0.4, 0.5) is 5.69 Å². The predicted octanol–water partition coefficient (Wildman–Crippen LogP) is 2.34. The highest BCUT2D eigenvalue weighted by Crippen LogP contribution is 2.34. The van der Waals surface area contributed by atoms with E-state index in [2.05, 4.69) is 19.2 Å². The lowest BCUT2D eigenvalue weighted by Crippen LogP contribution is -2.34. The predicted molar refractivity (Wildman–Crippen MR) is 70.1 cm³/mol. The van der Waals surface area contributed by atoms with E-state index in [1.807, 2.05) is 31.3 Å². The van der Waals surface area contributed by atoms with Crippen molar-refractivity contribution in [2.45, 2.75) is 26.3 Å². The fourth-order valence-corrected chi connectivity index (χ4v) is 2.14. The number of nitrogens with one attached hydrogen (secondary N) is 1. The quantitative estimate of drug-likeness (QED) is 0.864. The maximum atomic E-state index is 12.1. The summed E-state index contributed by atoms with van der Waals surface area (Å²) in [5.41, 5.74) is 2.13. The molecule has 3 nitrogen and oxygen atoms in total. The molecule has 0 saturated carbocycles. The number of benzene rings is 1. The molecule has 1 amide bonds. The second-order valence-corrected chi connectivity index (χ2v) is 4.81. The van der Waals surface area contributed by atoms with Crippen molar-refractivity contribution in [3.05, 3.63) is 29.8 Å². The molecule has 1 N–H and O–H groups in total. The summed E-state index contributed by atoms with van der Waals surface area (Å²) in [6, 6.07) is 7.83. The van der Waals surface area contributed by atoms with Crippen LogP contribution in [0.25, 0.3) is 0 Å². The molecule has 92 valence electrons. The normalized spacial score (nSPS) is 20.5. The molecule has 1 aliphatic heterocycles. The molecule has 0 spiro atoms. The van der Waals surface area contributed by atoms with Gasteiger partial charge in [0.15, 0.2) is 0 Å². The SMILES string of the molecule is CCC(C)CNC1C(=O)N(C)c2ccccc21. The monoisotopic (exact) mass is 232 g/mol. The van der Waals surface area contributed by atoms with Crippen molar-refractivity contribution < 1.29 is 4.79 Å². The van der Waals surface area contributed by atoms with E-state index < -0.39 is 0 Å². The number of carbonyl (C=O) groups excluding carboxylic acids is 1. The molecular weight excluding hydrogens is 212 g/mol. The van der Waals surface area contributed by atoms with Crippen LogP contribution in [0.15, 0.2) is 24.3 Å². The van der Waals surface area contributed by atoms with Crippen molar-refractivity contribution >= 4 is 11.6 Å². The summed E-state index contributed by atoms with van der Waals surface area (Å²) in [5, 5.41) is 3.38. The highest BCUT2D eigenvalue weighted by molar-refractivity contribution is 6.04. The minimum absolute atomic E-state index is 0.148. The highest BCUT2D eigenvalue weighted by Gasteiger charge is 2.34. The summed E-state index contributed by atoms with van der Waals surface area (Å²) in [5.74, 6) is 0.746. The van der Waals surface area contributed by atoms with Crippen LogP contribution in [0, 0.1) is 5.92 Å². The van der Waals surface area contributed by atoms with Gasteiger partial charge in [0.2, 0.25) is 5.91 Å². The number of likely N-dealkylation sites (N-methyl/N-ethyl adjacent to an activating group) is 1. The zero-order chi connectivity index (χ0) is 12.4. The van der Waals surface area contributed by atoms with E-state index in [1.54, 1.807) is 4.90 Å². The topological polar surface area (TPSA) is 32.3 Å². The number of hydrogen-bond acceptors (Lipinski definition) is 2. The summed E-state index contributed by atoms with van der Waals surface area (Å²) in [4.78, 5) is 13.9. The Hall–Kier alpha value is -1.35. The van der Waals surface area contributed by atoms with Gasteiger partial charge >= 0.3 is 0 Å². The number of nitrogens with zero attached hydrogens (tertiary/aromatic N) is 1. The van der Waals surface area contributed by atoms with E-state index in [0.29, 0.717) is 5.92 Å². The first-order valence-electron chi connectivity index (χ1n) is 6.25. The number of anilines is 1. The third kappa shape index (κ3) is 2.20. The summed E-state index contributed by atoms with van der Waals surface area (Å²) in [6.45, 7) is 5.25. The smallest absolute Gasteiger partial charge is 0.248 e. The van der Waals surface area contributed by atoms with Crippen LogP contribution in [0.5, 0.6) is 0 Å². The van der Waals surface area contributed by atoms with Crippen LogP contribution in [-0.4, -0.2) is 19.5 Å². The molecule has 0 aromatic heterocycles. The molecule has 1 aliphatic rings. The van der Waals surface area contributed by atoms with Crippen molar-refractivity contribution in [2.75, 3.05) is 18.5 Å². The van der Waals surface area contributed by atoms with Crippen LogP contribution in [0.1, 0.15) is 31.9 Å². The number of fused-ring (bicyclic) bond motifs is 1. The third-order valence-electron chi connectivity index (χ3n) is 3.55. The van der Waals surface area contributed by atoms with Crippen LogP contribution >= 0.6 is 0 Å². The number of para-hydroxylation sites is 1. The first-order chi connectivity index (χ1) is 8.15. The van der Waals surface area contributed by atoms with Gasteiger partial charge in [0, 0.05) is 18.3 Å². The molecular formula is C14H20N2O. The Morgan fingerprint density at radius 1 is 1.41 bits per heavy atom. The fraction of sp³-hybridized carbons (Fsp3) is 0.500. The Morgan fingerprint density at radius 3 is 2.82 bits per heavy atom. The maximum absolute atomic E-state index is 12.1. The van der Waals surface area contributed by atoms with E-state index in [4.69, 9.17) is 0 Å². The third-order valence-corrected chi connectivity index (χ3v) is 3.55. The fourth-order valence-electron chi connectivity index (χ4n) is 2.14. The van der Waals surface area contributed by atoms with Crippen molar-refractivity contribution in [2.24, 2.45) is 5.92 Å². The Bertz CT molecular complexity index is 416. The molecule has 0 bridgehead atoms. The number of hydrogen-bond donors (Lipinski definition) is 1. The van der Waals surface area contributed by atoms with Gasteiger partial charge in [-0.15, -0.1) is 0 Å². The van der Waals surface area contributed by atoms with Crippen LogP contribution in [0.2, 0.25) is 0 Å². The van der Waals surface area contributed by atoms with E-state index in [1.165, 1.54) is 0 Å². The van der Waals surface area contributed by atoms with Crippen LogP contribution in [0.3, 0.4) is 0 Å². The van der Waals surface area contributed by atoms with Gasteiger partial charge in [-0.1, -0.05) is 38.5 Å². The molecule has 1 aromatic rings. The molecule has 2 unspecified atom stereocenters. The molecule has 3 heteroatoms. The molecule has 1 heterocycles. The Balaban J connectivity index is 2.16. The van der Waals surface area contributed by atoms with Crippen LogP contribution in [-0.2, 0) is 4.79 Å². The molecule has 17 heavy (non-hydrogen) atoms. The van der Waals surface area contributed by atoms with Gasteiger partial charge in [0.05, 0.1) is 0 Å². The van der Waals surface area contributed by atoms with E-state index in [-0.39, 0.29) is 11.9 Å². The lowest BCUT2D eigenvalue weighted by Gasteiger charge is -2.15. The molecule has 0 aliphatic carbocycles. The van der Waals surface area contributed by atoms with E-state index in [9.17, 15) is 4.79 Å². The summed E-state index contributed by atoms with van der Waals surface area (Å²) in [7, 11) is 1.84. The second kappa shape index (κ2) is 4.88. The van der Waals surface area contributed by atoms with Gasteiger partial charge < -0.3 is 10.2 Å². The molecule has 0 radical (unpaired) electrons. The average Bonchev–Trinajstić information content (AvgIpc) is 2.60. The van der Waals surface area contributed by atoms with E-state index >= 15 is 0 Å². The van der Waals surface area contributed by atoms with Crippen LogP contribution < -0.4 is 10.2 Å². The lowest BCUT2D eigenvalue weighted by molar-refractivity contribution is -0.119. The standard InChI is InChI=1S/C14H20N2O/c1-4-10(2)9-15-13-11-7-5-6-8-12(11)16(3)14(13)17/h5-8,10,13,15H,4,9H2,1-3H3. The van der Waals surface area contributed by atoms with Crippen molar-refractivity contribution in [3.8, 4) is 0 Å². The largest absolute Gasteiger partial charge is 0.313 e. The first-order valence-corrected chi connectivity index (χ1v) is 6.25. The Labute approximate surface area is 103 Å². The maximum Gasteiger partial charge on any atom is 0.248 e. The number of amides is 1. The highest BCUT2D eigenvalue weighted by atomic mass is 16.2. The summed E-state index contributed by atoms with van der Waals surface area (Å²) >= 11 is 0. The number of carbonyl (C=O) groups is 1. The Kier molecular flexibility index (Phi) is 3.48. The van der Waals surface area contributed by atoms with Gasteiger partial charge in [0.25, 0.3) is 0 Å².